The van der Waals surface area contributed by atoms with E-state index >= 15 is 0 Å². The summed E-state index contributed by atoms with van der Waals surface area (Å²) in [6, 6.07) is -0.0384. The van der Waals surface area contributed by atoms with Gasteiger partial charge in [-0.25, -0.2) is 0 Å². The zero-order valence-corrected chi connectivity index (χ0v) is 12.9. The van der Waals surface area contributed by atoms with Crippen molar-refractivity contribution in [3.63, 3.8) is 0 Å². The lowest BCUT2D eigenvalue weighted by molar-refractivity contribution is -0.138. The Morgan fingerprint density at radius 1 is 1.32 bits per heavy atom. The highest BCUT2D eigenvalue weighted by Crippen LogP contribution is 2.23. The van der Waals surface area contributed by atoms with Crippen LogP contribution in [0.5, 0.6) is 0 Å². The summed E-state index contributed by atoms with van der Waals surface area (Å²) in [5, 5.41) is 7.01. The number of H-pyrrole nitrogens is 1. The van der Waals surface area contributed by atoms with Gasteiger partial charge in [0.15, 0.2) is 0 Å². The Kier molecular flexibility index (Phi) is 4.15. The Morgan fingerprint density at radius 2 is 2.14 bits per heavy atom. The molecule has 22 heavy (non-hydrogen) atoms. The predicted octanol–water partition coefficient (Wildman–Crippen LogP) is -0.120. The van der Waals surface area contributed by atoms with Gasteiger partial charge in [-0.3, -0.25) is 14.7 Å². The van der Waals surface area contributed by atoms with Crippen molar-refractivity contribution in [2.45, 2.75) is 38.8 Å². The number of carbonyl (C=O) groups is 2. The third-order valence-electron chi connectivity index (χ3n) is 4.69. The lowest BCUT2D eigenvalue weighted by Gasteiger charge is -2.31. The van der Waals surface area contributed by atoms with Gasteiger partial charge in [-0.15, -0.1) is 0 Å². The predicted molar refractivity (Wildman–Crippen MR) is 80.7 cm³/mol. The number of hydrogen-bond acceptors (Lipinski definition) is 4. The fraction of sp³-hybridized carbons (Fsp3) is 0.667. The Labute approximate surface area is 129 Å². The molecule has 0 aliphatic carbocycles. The molecule has 0 aromatic carbocycles. The van der Waals surface area contributed by atoms with Crippen LogP contribution in [0.25, 0.3) is 0 Å². The zero-order chi connectivity index (χ0) is 15.7. The van der Waals surface area contributed by atoms with E-state index < -0.39 is 0 Å². The van der Waals surface area contributed by atoms with E-state index in [1.54, 1.807) is 11.1 Å². The number of likely N-dealkylation sites (tertiary alicyclic amines) is 1. The monoisotopic (exact) mass is 305 g/mol. The molecular formula is C15H23N5O2. The first-order valence-corrected chi connectivity index (χ1v) is 7.85. The van der Waals surface area contributed by atoms with Gasteiger partial charge in [0.05, 0.1) is 12.1 Å². The van der Waals surface area contributed by atoms with Crippen molar-refractivity contribution >= 4 is 11.8 Å². The normalized spacial score (nSPS) is 25.5. The van der Waals surface area contributed by atoms with Crippen LogP contribution in [0.4, 0.5) is 0 Å². The van der Waals surface area contributed by atoms with E-state index in [4.69, 9.17) is 5.73 Å². The highest BCUT2D eigenvalue weighted by molar-refractivity contribution is 5.81. The van der Waals surface area contributed by atoms with Crippen LogP contribution in [0.1, 0.15) is 31.0 Å². The number of rotatable bonds is 1. The number of amides is 2. The van der Waals surface area contributed by atoms with Crippen LogP contribution in [-0.4, -0.2) is 57.5 Å². The summed E-state index contributed by atoms with van der Waals surface area (Å²) in [6.45, 7) is 3.88. The molecule has 2 amide bonds. The lowest BCUT2D eigenvalue weighted by Crippen LogP contribution is -2.44. The van der Waals surface area contributed by atoms with E-state index in [-0.39, 0.29) is 23.8 Å². The Balaban J connectivity index is 1.70. The number of hydrogen-bond donors (Lipinski definition) is 2. The molecule has 2 aliphatic rings. The second kappa shape index (κ2) is 6.08. The van der Waals surface area contributed by atoms with Crippen molar-refractivity contribution < 1.29 is 9.59 Å². The average molecular weight is 305 g/mol. The summed E-state index contributed by atoms with van der Waals surface area (Å²) in [5.41, 5.74) is 8.24. The maximum Gasteiger partial charge on any atom is 0.227 e. The number of aromatic nitrogens is 2. The molecule has 1 saturated heterocycles. The molecule has 0 bridgehead atoms. The molecular weight excluding hydrogens is 282 g/mol. The van der Waals surface area contributed by atoms with Gasteiger partial charge in [0, 0.05) is 56.8 Å². The second-order valence-corrected chi connectivity index (χ2v) is 6.34. The molecule has 0 radical (unpaired) electrons. The SMILES string of the molecule is CC(=O)N1C[C@@H](N)CC[C@@H](C(=O)N2CCc3[nH]ncc3C2)C1. The van der Waals surface area contributed by atoms with Crippen molar-refractivity contribution in [3.8, 4) is 0 Å². The molecule has 7 nitrogen and oxygen atoms in total. The number of aromatic amines is 1. The number of fused-ring (bicyclic) bond motifs is 1. The quantitative estimate of drug-likeness (QED) is 0.756. The van der Waals surface area contributed by atoms with Crippen LogP contribution < -0.4 is 5.73 Å². The molecule has 7 heteroatoms. The summed E-state index contributed by atoms with van der Waals surface area (Å²) in [5.74, 6) is -0.0241. The molecule has 0 spiro atoms. The Hall–Kier alpha value is -1.89. The van der Waals surface area contributed by atoms with Crippen molar-refractivity contribution in [1.29, 1.82) is 0 Å². The lowest BCUT2D eigenvalue weighted by atomic mass is 9.98. The van der Waals surface area contributed by atoms with E-state index in [2.05, 4.69) is 10.2 Å². The van der Waals surface area contributed by atoms with Gasteiger partial charge in [0.2, 0.25) is 11.8 Å². The van der Waals surface area contributed by atoms with Crippen molar-refractivity contribution in [2.75, 3.05) is 19.6 Å². The molecule has 0 unspecified atom stereocenters. The number of nitrogens with one attached hydrogen (secondary N) is 1. The van der Waals surface area contributed by atoms with Crippen LogP contribution in [0.15, 0.2) is 6.20 Å². The van der Waals surface area contributed by atoms with Gasteiger partial charge in [-0.2, -0.15) is 5.10 Å². The first-order valence-electron chi connectivity index (χ1n) is 7.85. The van der Waals surface area contributed by atoms with E-state index in [0.717, 1.165) is 30.5 Å². The summed E-state index contributed by atoms with van der Waals surface area (Å²) in [4.78, 5) is 28.1. The standard InChI is InChI=1S/C15H23N5O2/c1-10(21)20-7-11(2-3-13(16)9-20)15(22)19-5-4-14-12(8-19)6-17-18-14/h6,11,13H,2-5,7-9,16H2,1H3,(H,17,18)/t11-,13+/m1/s1. The molecule has 2 aliphatic heterocycles. The summed E-state index contributed by atoms with van der Waals surface area (Å²) >= 11 is 0. The number of nitrogens with zero attached hydrogens (tertiary/aromatic N) is 3. The molecule has 0 saturated carbocycles. The van der Waals surface area contributed by atoms with Crippen LogP contribution in [0, 0.1) is 5.92 Å². The maximum atomic E-state index is 12.8. The van der Waals surface area contributed by atoms with Gasteiger partial charge < -0.3 is 15.5 Å². The maximum absolute atomic E-state index is 12.8. The van der Waals surface area contributed by atoms with Crippen LogP contribution in [-0.2, 0) is 22.6 Å². The third-order valence-corrected chi connectivity index (χ3v) is 4.69. The van der Waals surface area contributed by atoms with E-state index in [1.807, 2.05) is 4.90 Å². The van der Waals surface area contributed by atoms with Crippen LogP contribution in [0.3, 0.4) is 0 Å². The minimum atomic E-state index is -0.147. The molecule has 1 aromatic heterocycles. The highest BCUT2D eigenvalue weighted by atomic mass is 16.2. The van der Waals surface area contributed by atoms with Gasteiger partial charge >= 0.3 is 0 Å². The summed E-state index contributed by atoms with van der Waals surface area (Å²) in [6.07, 6.45) is 4.13. The molecule has 3 heterocycles. The number of carbonyl (C=O) groups excluding carboxylic acids is 2. The van der Waals surface area contributed by atoms with Crippen molar-refractivity contribution in [2.24, 2.45) is 11.7 Å². The third kappa shape index (κ3) is 2.99. The van der Waals surface area contributed by atoms with E-state index in [1.165, 1.54) is 6.92 Å². The molecule has 1 fully saturated rings. The van der Waals surface area contributed by atoms with Gasteiger partial charge in [-0.05, 0) is 12.8 Å². The first kappa shape index (κ1) is 15.0. The molecule has 2 atom stereocenters. The zero-order valence-electron chi connectivity index (χ0n) is 12.9. The molecule has 120 valence electrons. The fourth-order valence-corrected chi connectivity index (χ4v) is 3.35. The minimum Gasteiger partial charge on any atom is -0.341 e. The van der Waals surface area contributed by atoms with E-state index in [0.29, 0.717) is 26.2 Å². The first-order chi connectivity index (χ1) is 10.5. The van der Waals surface area contributed by atoms with Crippen molar-refractivity contribution in [1.82, 2.24) is 20.0 Å². The van der Waals surface area contributed by atoms with Crippen molar-refractivity contribution in [3.05, 3.63) is 17.5 Å². The van der Waals surface area contributed by atoms with Gasteiger partial charge in [-0.1, -0.05) is 0 Å². The molecule has 3 rings (SSSR count). The second-order valence-electron chi connectivity index (χ2n) is 6.34. The van der Waals surface area contributed by atoms with Crippen LogP contribution >= 0.6 is 0 Å². The van der Waals surface area contributed by atoms with Gasteiger partial charge in [0.25, 0.3) is 0 Å². The topological polar surface area (TPSA) is 95.3 Å². The van der Waals surface area contributed by atoms with Gasteiger partial charge in [0.1, 0.15) is 0 Å². The van der Waals surface area contributed by atoms with Crippen LogP contribution in [0.2, 0.25) is 0 Å². The molecule has 3 N–H and O–H groups in total. The Morgan fingerprint density at radius 3 is 2.91 bits per heavy atom. The average Bonchev–Trinajstić information content (AvgIpc) is 2.87. The Bertz CT molecular complexity index is 570. The number of nitrogens with two attached hydrogens (primary N) is 1. The summed E-state index contributed by atoms with van der Waals surface area (Å²) < 4.78 is 0. The smallest absolute Gasteiger partial charge is 0.227 e. The largest absolute Gasteiger partial charge is 0.341 e. The highest BCUT2D eigenvalue weighted by Gasteiger charge is 2.32. The fourth-order valence-electron chi connectivity index (χ4n) is 3.35. The summed E-state index contributed by atoms with van der Waals surface area (Å²) in [7, 11) is 0. The van der Waals surface area contributed by atoms with E-state index in [9.17, 15) is 9.59 Å². The molecule has 1 aromatic rings. The minimum absolute atomic E-state index is 0.00841.